The number of carbonyl (C=O) groups excluding carboxylic acids is 1. The molecule has 0 bridgehead atoms. The Morgan fingerprint density at radius 3 is 2.88 bits per heavy atom. The highest BCUT2D eigenvalue weighted by Crippen LogP contribution is 2.13. The van der Waals surface area contributed by atoms with E-state index in [2.05, 4.69) is 11.9 Å². The van der Waals surface area contributed by atoms with Crippen LogP contribution in [0.25, 0.3) is 0 Å². The lowest BCUT2D eigenvalue weighted by Gasteiger charge is -2.06. The Kier molecular flexibility index (Phi) is 4.75. The second-order valence-electron chi connectivity index (χ2n) is 3.21. The molecule has 0 spiro atoms. The van der Waals surface area contributed by atoms with E-state index in [0.717, 1.165) is 0 Å². The van der Waals surface area contributed by atoms with Gasteiger partial charge in [-0.1, -0.05) is 12.1 Å². The van der Waals surface area contributed by atoms with Crippen molar-refractivity contribution in [3.05, 3.63) is 42.5 Å². The minimum absolute atomic E-state index is 0.259. The van der Waals surface area contributed by atoms with E-state index in [1.54, 1.807) is 24.3 Å². The van der Waals surface area contributed by atoms with Gasteiger partial charge in [0.1, 0.15) is 5.75 Å². The van der Waals surface area contributed by atoms with Crippen LogP contribution in [0.1, 0.15) is 10.4 Å². The number of nitrogens with one attached hydrogen (secondary N) is 1. The number of rotatable bonds is 6. The molecule has 1 aromatic rings. The number of carboxylic acids is 1. The summed E-state index contributed by atoms with van der Waals surface area (Å²) in [5.41, 5.74) is 0.412. The highest BCUT2D eigenvalue weighted by atomic mass is 16.5. The van der Waals surface area contributed by atoms with E-state index in [4.69, 9.17) is 9.84 Å². The first-order valence-electron chi connectivity index (χ1n) is 4.97. The van der Waals surface area contributed by atoms with Crippen molar-refractivity contribution in [3.8, 4) is 5.75 Å². The molecule has 5 nitrogen and oxygen atoms in total. The summed E-state index contributed by atoms with van der Waals surface area (Å²) in [6, 6.07) is 6.32. The fraction of sp³-hybridized carbons (Fsp3) is 0.167. The van der Waals surface area contributed by atoms with E-state index in [9.17, 15) is 9.59 Å². The minimum Gasteiger partial charge on any atom is -0.482 e. The van der Waals surface area contributed by atoms with Crippen LogP contribution in [0.4, 0.5) is 0 Å². The topological polar surface area (TPSA) is 75.6 Å². The van der Waals surface area contributed by atoms with Gasteiger partial charge in [-0.3, -0.25) is 4.79 Å². The monoisotopic (exact) mass is 235 g/mol. The summed E-state index contributed by atoms with van der Waals surface area (Å²) in [5.74, 6) is -0.976. The number of carbonyl (C=O) groups is 2. The summed E-state index contributed by atoms with van der Waals surface area (Å²) in [5, 5.41) is 11.1. The summed E-state index contributed by atoms with van der Waals surface area (Å²) in [7, 11) is 0. The third kappa shape index (κ3) is 4.38. The van der Waals surface area contributed by atoms with Crippen molar-refractivity contribution < 1.29 is 19.4 Å². The van der Waals surface area contributed by atoms with Crippen LogP contribution >= 0.6 is 0 Å². The van der Waals surface area contributed by atoms with Gasteiger partial charge in [0.25, 0.3) is 5.91 Å². The number of benzene rings is 1. The molecule has 0 saturated heterocycles. The third-order valence-electron chi connectivity index (χ3n) is 1.87. The molecule has 0 saturated carbocycles. The van der Waals surface area contributed by atoms with Crippen molar-refractivity contribution in [2.24, 2.45) is 0 Å². The highest BCUT2D eigenvalue weighted by Gasteiger charge is 2.06. The van der Waals surface area contributed by atoms with Gasteiger partial charge in [0.2, 0.25) is 0 Å². The Bertz CT molecular complexity index is 428. The first kappa shape index (κ1) is 12.8. The Hall–Kier alpha value is -2.30. The zero-order valence-corrected chi connectivity index (χ0v) is 9.18. The van der Waals surface area contributed by atoms with E-state index in [0.29, 0.717) is 17.9 Å². The van der Waals surface area contributed by atoms with Gasteiger partial charge < -0.3 is 15.2 Å². The lowest BCUT2D eigenvalue weighted by atomic mass is 10.2. The van der Waals surface area contributed by atoms with Crippen LogP contribution in [-0.2, 0) is 4.79 Å². The summed E-state index contributed by atoms with van der Waals surface area (Å²) < 4.78 is 4.96. The largest absolute Gasteiger partial charge is 0.482 e. The van der Waals surface area contributed by atoms with E-state index in [1.807, 2.05) is 0 Å². The molecule has 2 N–H and O–H groups in total. The Balaban J connectivity index is 2.67. The molecule has 0 radical (unpaired) electrons. The molecule has 0 heterocycles. The predicted octanol–water partition coefficient (Wildman–Crippen LogP) is 1.07. The molecule has 0 aromatic heterocycles. The molecule has 1 amide bonds. The summed E-state index contributed by atoms with van der Waals surface area (Å²) >= 11 is 0. The van der Waals surface area contributed by atoms with Gasteiger partial charge in [-0.25, -0.2) is 4.79 Å². The number of amides is 1. The Morgan fingerprint density at radius 2 is 2.24 bits per heavy atom. The summed E-state index contributed by atoms with van der Waals surface area (Å²) in [4.78, 5) is 21.9. The van der Waals surface area contributed by atoms with Crippen molar-refractivity contribution in [1.29, 1.82) is 0 Å². The van der Waals surface area contributed by atoms with Crippen molar-refractivity contribution in [2.45, 2.75) is 0 Å². The quantitative estimate of drug-likeness (QED) is 0.723. The van der Waals surface area contributed by atoms with E-state index in [1.165, 1.54) is 6.07 Å². The van der Waals surface area contributed by atoms with Gasteiger partial charge in [-0.15, -0.1) is 6.58 Å². The lowest BCUT2D eigenvalue weighted by Crippen LogP contribution is -2.23. The fourth-order valence-electron chi connectivity index (χ4n) is 1.14. The van der Waals surface area contributed by atoms with Crippen LogP contribution in [-0.4, -0.2) is 30.1 Å². The van der Waals surface area contributed by atoms with Crippen molar-refractivity contribution in [3.63, 3.8) is 0 Å². The molecule has 1 rings (SSSR count). The summed E-state index contributed by atoms with van der Waals surface area (Å²) in [6.07, 6.45) is 1.57. The van der Waals surface area contributed by atoms with Gasteiger partial charge in [-0.2, -0.15) is 0 Å². The number of aliphatic carboxylic acids is 1. The van der Waals surface area contributed by atoms with E-state index >= 15 is 0 Å². The molecule has 0 aliphatic heterocycles. The molecule has 90 valence electrons. The maximum atomic E-state index is 11.6. The molecule has 0 unspecified atom stereocenters. The molecule has 1 aromatic carbocycles. The molecule has 17 heavy (non-hydrogen) atoms. The number of carboxylic acid groups (broad SMARTS) is 1. The fourth-order valence-corrected chi connectivity index (χ4v) is 1.14. The summed E-state index contributed by atoms with van der Waals surface area (Å²) in [6.45, 7) is 3.43. The normalized spacial score (nSPS) is 9.41. The SMILES string of the molecule is C=CCNC(=O)c1cccc(OCC(=O)O)c1. The van der Waals surface area contributed by atoms with Gasteiger partial charge in [-0.05, 0) is 18.2 Å². The lowest BCUT2D eigenvalue weighted by molar-refractivity contribution is -0.139. The zero-order valence-electron chi connectivity index (χ0n) is 9.18. The molecule has 0 atom stereocenters. The molecular formula is C12H13NO4. The molecule has 5 heteroatoms. The van der Waals surface area contributed by atoms with Crippen LogP contribution in [0.15, 0.2) is 36.9 Å². The second kappa shape index (κ2) is 6.32. The van der Waals surface area contributed by atoms with Crippen molar-refractivity contribution in [1.82, 2.24) is 5.32 Å². The van der Waals surface area contributed by atoms with Crippen LogP contribution in [0.3, 0.4) is 0 Å². The van der Waals surface area contributed by atoms with Crippen LogP contribution < -0.4 is 10.1 Å². The van der Waals surface area contributed by atoms with Crippen molar-refractivity contribution in [2.75, 3.05) is 13.2 Å². The smallest absolute Gasteiger partial charge is 0.341 e. The van der Waals surface area contributed by atoms with Gasteiger partial charge >= 0.3 is 5.97 Å². The number of hydrogen-bond donors (Lipinski definition) is 2. The van der Waals surface area contributed by atoms with Crippen LogP contribution in [0, 0.1) is 0 Å². The van der Waals surface area contributed by atoms with Crippen molar-refractivity contribution >= 4 is 11.9 Å². The Labute approximate surface area is 98.7 Å². The highest BCUT2D eigenvalue weighted by molar-refractivity contribution is 5.94. The predicted molar refractivity (Wildman–Crippen MR) is 62.1 cm³/mol. The number of ether oxygens (including phenoxy) is 1. The van der Waals surface area contributed by atoms with Crippen LogP contribution in [0.5, 0.6) is 5.75 Å². The van der Waals surface area contributed by atoms with E-state index in [-0.39, 0.29) is 5.91 Å². The standard InChI is InChI=1S/C12H13NO4/c1-2-6-13-12(16)9-4-3-5-10(7-9)17-8-11(14)15/h2-5,7H,1,6,8H2,(H,13,16)(H,14,15). The van der Waals surface area contributed by atoms with Gasteiger partial charge in [0.15, 0.2) is 6.61 Å². The average molecular weight is 235 g/mol. The molecular weight excluding hydrogens is 222 g/mol. The maximum absolute atomic E-state index is 11.6. The van der Waals surface area contributed by atoms with E-state index < -0.39 is 12.6 Å². The maximum Gasteiger partial charge on any atom is 0.341 e. The zero-order chi connectivity index (χ0) is 12.7. The molecule has 0 fully saturated rings. The minimum atomic E-state index is -1.06. The van der Waals surface area contributed by atoms with Crippen LogP contribution in [0.2, 0.25) is 0 Å². The molecule has 0 aliphatic rings. The number of hydrogen-bond acceptors (Lipinski definition) is 3. The van der Waals surface area contributed by atoms with Gasteiger partial charge in [0.05, 0.1) is 0 Å². The van der Waals surface area contributed by atoms with Gasteiger partial charge in [0, 0.05) is 12.1 Å². The second-order valence-corrected chi connectivity index (χ2v) is 3.21. The first-order valence-corrected chi connectivity index (χ1v) is 4.97. The average Bonchev–Trinajstić information content (AvgIpc) is 2.33. The molecule has 0 aliphatic carbocycles. The Morgan fingerprint density at radius 1 is 1.47 bits per heavy atom. The third-order valence-corrected chi connectivity index (χ3v) is 1.87. The first-order chi connectivity index (χ1) is 8.13.